The molecular weight excluding hydrogens is 222 g/mol. The van der Waals surface area contributed by atoms with Gasteiger partial charge in [-0.2, -0.15) is 5.26 Å². The van der Waals surface area contributed by atoms with Crippen molar-refractivity contribution in [1.82, 2.24) is 4.90 Å². The van der Waals surface area contributed by atoms with Gasteiger partial charge < -0.3 is 0 Å². The first-order valence-electron chi connectivity index (χ1n) is 5.75. The monoisotopic (exact) mass is 236 g/mol. The number of benzene rings is 1. The van der Waals surface area contributed by atoms with E-state index >= 15 is 0 Å². The van der Waals surface area contributed by atoms with Crippen molar-refractivity contribution in [1.29, 1.82) is 5.26 Å². The van der Waals surface area contributed by atoms with Crippen LogP contribution in [0.25, 0.3) is 0 Å². The lowest BCUT2D eigenvalue weighted by atomic mass is 10.2. The van der Waals surface area contributed by atoms with Crippen molar-refractivity contribution < 1.29 is 8.78 Å². The van der Waals surface area contributed by atoms with Crippen LogP contribution in [0.2, 0.25) is 0 Å². The molecule has 0 atom stereocenters. The van der Waals surface area contributed by atoms with Crippen LogP contribution in [0, 0.1) is 23.0 Å². The van der Waals surface area contributed by atoms with Gasteiger partial charge in [-0.1, -0.05) is 0 Å². The topological polar surface area (TPSA) is 27.0 Å². The second kappa shape index (κ2) is 5.24. The molecule has 1 saturated carbocycles. The van der Waals surface area contributed by atoms with Crippen molar-refractivity contribution in [2.45, 2.75) is 31.8 Å². The van der Waals surface area contributed by atoms with Crippen molar-refractivity contribution in [2.75, 3.05) is 6.54 Å². The highest BCUT2D eigenvalue weighted by Gasteiger charge is 2.29. The summed E-state index contributed by atoms with van der Waals surface area (Å²) in [5.41, 5.74) is 0.370. The Morgan fingerprint density at radius 2 is 2.12 bits per heavy atom. The summed E-state index contributed by atoms with van der Waals surface area (Å²) in [7, 11) is 0. The zero-order valence-electron chi connectivity index (χ0n) is 9.50. The third-order valence-corrected chi connectivity index (χ3v) is 2.96. The van der Waals surface area contributed by atoms with Gasteiger partial charge in [0, 0.05) is 31.1 Å². The fourth-order valence-electron chi connectivity index (χ4n) is 1.91. The van der Waals surface area contributed by atoms with Gasteiger partial charge in [0.1, 0.15) is 11.6 Å². The van der Waals surface area contributed by atoms with Crippen LogP contribution in [0.15, 0.2) is 18.2 Å². The van der Waals surface area contributed by atoms with E-state index in [0.717, 1.165) is 25.0 Å². The quantitative estimate of drug-likeness (QED) is 0.786. The molecule has 0 aromatic heterocycles. The van der Waals surface area contributed by atoms with E-state index < -0.39 is 5.82 Å². The number of halogens is 2. The molecule has 1 aliphatic carbocycles. The molecule has 17 heavy (non-hydrogen) atoms. The van der Waals surface area contributed by atoms with Gasteiger partial charge in [0.25, 0.3) is 0 Å². The Hall–Kier alpha value is -1.47. The van der Waals surface area contributed by atoms with E-state index in [1.165, 1.54) is 6.07 Å². The van der Waals surface area contributed by atoms with Gasteiger partial charge >= 0.3 is 0 Å². The lowest BCUT2D eigenvalue weighted by Gasteiger charge is -2.20. The first-order valence-corrected chi connectivity index (χ1v) is 5.75. The molecule has 0 aliphatic heterocycles. The Morgan fingerprint density at radius 3 is 2.76 bits per heavy atom. The zero-order chi connectivity index (χ0) is 12.3. The van der Waals surface area contributed by atoms with Gasteiger partial charge in [-0.15, -0.1) is 0 Å². The normalized spacial score (nSPS) is 14.9. The van der Waals surface area contributed by atoms with Crippen LogP contribution in [-0.4, -0.2) is 17.5 Å². The van der Waals surface area contributed by atoms with E-state index in [9.17, 15) is 8.78 Å². The van der Waals surface area contributed by atoms with Crippen LogP contribution >= 0.6 is 0 Å². The Bertz CT molecular complexity index is 436. The second-order valence-corrected chi connectivity index (χ2v) is 4.35. The standard InChI is InChI=1S/C13H14F2N2/c14-11-2-5-13(15)10(8-11)9-17(7-1-6-16)12-3-4-12/h2,5,8,12H,1,3-4,7,9H2. The van der Waals surface area contributed by atoms with Crippen molar-refractivity contribution in [2.24, 2.45) is 0 Å². The molecule has 1 aliphatic rings. The first kappa shape index (κ1) is 12.0. The maximum atomic E-state index is 13.5. The van der Waals surface area contributed by atoms with Gasteiger partial charge in [0.15, 0.2) is 0 Å². The smallest absolute Gasteiger partial charge is 0.127 e. The number of nitrogens with zero attached hydrogens (tertiary/aromatic N) is 2. The van der Waals surface area contributed by atoms with Crippen molar-refractivity contribution in [3.63, 3.8) is 0 Å². The fourth-order valence-corrected chi connectivity index (χ4v) is 1.91. The van der Waals surface area contributed by atoms with E-state index in [2.05, 4.69) is 11.0 Å². The summed E-state index contributed by atoms with van der Waals surface area (Å²) in [6.45, 7) is 1.01. The van der Waals surface area contributed by atoms with Crippen molar-refractivity contribution in [3.8, 4) is 6.07 Å². The zero-order valence-corrected chi connectivity index (χ0v) is 9.50. The predicted octanol–water partition coefficient (Wildman–Crippen LogP) is 2.84. The number of rotatable bonds is 5. The molecule has 1 fully saturated rings. The van der Waals surface area contributed by atoms with Gasteiger partial charge in [-0.3, -0.25) is 4.90 Å². The molecule has 0 unspecified atom stereocenters. The predicted molar refractivity (Wildman–Crippen MR) is 60.0 cm³/mol. The molecule has 0 heterocycles. The summed E-state index contributed by atoms with van der Waals surface area (Å²) in [6.07, 6.45) is 2.60. The molecule has 2 nitrogen and oxygen atoms in total. The Balaban J connectivity index is 2.06. The van der Waals surface area contributed by atoms with Crippen LogP contribution < -0.4 is 0 Å². The molecule has 0 bridgehead atoms. The number of hydrogen-bond acceptors (Lipinski definition) is 2. The fraction of sp³-hybridized carbons (Fsp3) is 0.462. The Labute approximate surface area is 99.5 Å². The Morgan fingerprint density at radius 1 is 1.35 bits per heavy atom. The minimum atomic E-state index is -0.419. The molecule has 90 valence electrons. The average molecular weight is 236 g/mol. The van der Waals surface area contributed by atoms with E-state index in [1.54, 1.807) is 0 Å². The SMILES string of the molecule is N#CCCN(Cc1cc(F)ccc1F)C1CC1. The van der Waals surface area contributed by atoms with Crippen molar-refractivity contribution in [3.05, 3.63) is 35.4 Å². The molecule has 0 radical (unpaired) electrons. The van der Waals surface area contributed by atoms with Crippen LogP contribution in [0.4, 0.5) is 8.78 Å². The molecule has 4 heteroatoms. The minimum Gasteiger partial charge on any atom is -0.295 e. The number of nitriles is 1. The third kappa shape index (κ3) is 3.24. The number of hydrogen-bond donors (Lipinski definition) is 0. The molecule has 0 amide bonds. The maximum Gasteiger partial charge on any atom is 0.127 e. The summed E-state index contributed by atoms with van der Waals surface area (Å²) >= 11 is 0. The van der Waals surface area contributed by atoms with Gasteiger partial charge in [0.05, 0.1) is 6.07 Å². The van der Waals surface area contributed by atoms with Crippen molar-refractivity contribution >= 4 is 0 Å². The molecule has 0 saturated heterocycles. The molecule has 0 N–H and O–H groups in total. The van der Waals surface area contributed by atoms with Crippen LogP contribution in [-0.2, 0) is 6.54 Å². The molecule has 1 aromatic rings. The highest BCUT2D eigenvalue weighted by atomic mass is 19.1. The molecule has 1 aromatic carbocycles. The van der Waals surface area contributed by atoms with E-state index in [0.29, 0.717) is 31.1 Å². The molecule has 2 rings (SSSR count). The van der Waals surface area contributed by atoms with Crippen LogP contribution in [0.5, 0.6) is 0 Å². The second-order valence-electron chi connectivity index (χ2n) is 4.35. The van der Waals surface area contributed by atoms with Gasteiger partial charge in [-0.25, -0.2) is 8.78 Å². The summed E-state index contributed by atoms with van der Waals surface area (Å²) in [5, 5.41) is 8.57. The summed E-state index contributed by atoms with van der Waals surface area (Å²) in [4.78, 5) is 2.06. The first-order chi connectivity index (χ1) is 8.20. The minimum absolute atomic E-state index is 0.370. The van der Waals surface area contributed by atoms with Gasteiger partial charge in [0.2, 0.25) is 0 Å². The maximum absolute atomic E-state index is 13.5. The van der Waals surface area contributed by atoms with Gasteiger partial charge in [-0.05, 0) is 31.0 Å². The van der Waals surface area contributed by atoms with E-state index in [4.69, 9.17) is 5.26 Å². The summed E-state index contributed by atoms with van der Waals surface area (Å²) in [6, 6.07) is 6.03. The van der Waals surface area contributed by atoms with E-state index in [1.807, 2.05) is 0 Å². The van der Waals surface area contributed by atoms with Crippen LogP contribution in [0.3, 0.4) is 0 Å². The highest BCUT2D eigenvalue weighted by Crippen LogP contribution is 2.28. The van der Waals surface area contributed by atoms with E-state index in [-0.39, 0.29) is 5.82 Å². The largest absolute Gasteiger partial charge is 0.295 e. The lowest BCUT2D eigenvalue weighted by Crippen LogP contribution is -2.27. The Kier molecular flexibility index (Phi) is 3.70. The van der Waals surface area contributed by atoms with Crippen LogP contribution in [0.1, 0.15) is 24.8 Å². The summed E-state index contributed by atoms with van der Waals surface area (Å²) in [5.74, 6) is -0.800. The average Bonchev–Trinajstić information content (AvgIpc) is 3.13. The third-order valence-electron chi connectivity index (χ3n) is 2.96. The lowest BCUT2D eigenvalue weighted by molar-refractivity contribution is 0.257. The molecule has 0 spiro atoms. The molecular formula is C13H14F2N2. The highest BCUT2D eigenvalue weighted by molar-refractivity contribution is 5.19. The summed E-state index contributed by atoms with van der Waals surface area (Å²) < 4.78 is 26.5.